The van der Waals surface area contributed by atoms with Crippen molar-refractivity contribution >= 4 is 59.7 Å². The summed E-state index contributed by atoms with van der Waals surface area (Å²) in [6.07, 6.45) is 44.1. The van der Waals surface area contributed by atoms with Gasteiger partial charge in [0.05, 0.1) is 33.0 Å². The number of aliphatic hydroxyl groups excluding tert-OH is 5. The molecular formula is C87H164O25. The first-order valence-electron chi connectivity index (χ1n) is 44.0. The first-order valence-corrected chi connectivity index (χ1v) is 44.0. The molecule has 662 valence electrons. The molecule has 3 unspecified atom stereocenters. The highest BCUT2D eigenvalue weighted by Gasteiger charge is 2.21. The molecule has 0 heterocycles. The van der Waals surface area contributed by atoms with Gasteiger partial charge in [0, 0.05) is 64.2 Å². The molecule has 25 nitrogen and oxygen atoms in total. The van der Waals surface area contributed by atoms with Crippen molar-refractivity contribution in [2.75, 3.05) is 66.1 Å². The molecule has 0 amide bonds. The highest BCUT2D eigenvalue weighted by molar-refractivity contribution is 5.73. The lowest BCUT2D eigenvalue weighted by Crippen LogP contribution is -2.28. The lowest BCUT2D eigenvalue weighted by atomic mass is 10.1. The van der Waals surface area contributed by atoms with Gasteiger partial charge in [-0.25, -0.2) is 0 Å². The molecule has 0 saturated carbocycles. The minimum Gasteiger partial charge on any atom is -0.462 e. The van der Waals surface area contributed by atoms with Gasteiger partial charge in [-0.3, -0.25) is 47.9 Å². The Labute approximate surface area is 677 Å². The van der Waals surface area contributed by atoms with E-state index in [1.165, 1.54) is 103 Å². The molecule has 0 aromatic carbocycles. The summed E-state index contributed by atoms with van der Waals surface area (Å²) in [6.45, 7) is 18.8. The molecule has 0 spiro atoms. The van der Waals surface area contributed by atoms with Crippen LogP contribution in [0, 0.1) is 0 Å². The highest BCUT2D eigenvalue weighted by Crippen LogP contribution is 2.15. The fourth-order valence-corrected chi connectivity index (χ4v) is 10.5. The van der Waals surface area contributed by atoms with Crippen molar-refractivity contribution in [2.45, 2.75) is 434 Å². The van der Waals surface area contributed by atoms with Gasteiger partial charge < -0.3 is 72.9 Å². The van der Waals surface area contributed by atoms with Gasteiger partial charge in [0.15, 0.2) is 30.5 Å². The number of carbonyl (C=O) groups excluding carboxylic acids is 10. The Bertz CT molecular complexity index is 2100. The van der Waals surface area contributed by atoms with E-state index in [1.807, 2.05) is 13.8 Å². The van der Waals surface area contributed by atoms with Gasteiger partial charge in [-0.1, -0.05) is 275 Å². The lowest BCUT2D eigenvalue weighted by Gasteiger charge is -2.15. The third-order valence-corrected chi connectivity index (χ3v) is 17.4. The summed E-state index contributed by atoms with van der Waals surface area (Å²) in [7, 11) is 0. The van der Waals surface area contributed by atoms with Crippen LogP contribution in [0.25, 0.3) is 0 Å². The standard InChI is InChI=1S/C23H44O5.2C19H36O5.C15H28O5.C11H20O5/c1-3-5-7-9-11-13-15-17-22(25)27-20-21(19-24)28-23(26)18-16-14-12-10-8-6-4-2;2*1-3-5-7-9-11-13-18(21)23-16-17(15-20)24-19(22)14-12-10-8-6-4-2;1-3-5-7-9-14(17)19-12-13(11-16)20-15(18)10-8-6-4-2;1-3-5-10(13)15-8-9(7-12)16-11(14)6-4-2/h21,24H,3-20H2,1-2H3;2*17,20H,3-16H2,1-2H3;13,16H,3-12H2,1-2H3;9,12H,3-8H2,1-2H3/t;17-;;13-;/m.0.0./s1. The summed E-state index contributed by atoms with van der Waals surface area (Å²) >= 11 is 0. The molecule has 0 aliphatic rings. The Morgan fingerprint density at radius 1 is 0.170 bits per heavy atom. The van der Waals surface area contributed by atoms with E-state index in [-0.39, 0.29) is 126 Å². The minimum atomic E-state index is -0.755. The van der Waals surface area contributed by atoms with Crippen LogP contribution in [0.3, 0.4) is 0 Å². The summed E-state index contributed by atoms with van der Waals surface area (Å²) in [6, 6.07) is 0. The van der Waals surface area contributed by atoms with Crippen LogP contribution >= 0.6 is 0 Å². The van der Waals surface area contributed by atoms with Gasteiger partial charge in [0.1, 0.15) is 33.0 Å². The maximum Gasteiger partial charge on any atom is 0.306 e. The van der Waals surface area contributed by atoms with Crippen LogP contribution in [-0.4, -0.2) is 182 Å². The molecule has 0 rings (SSSR count). The highest BCUT2D eigenvalue weighted by atomic mass is 16.6. The van der Waals surface area contributed by atoms with Crippen LogP contribution in [-0.2, 0) is 95.3 Å². The van der Waals surface area contributed by atoms with Crippen LogP contribution in [0.15, 0.2) is 0 Å². The molecule has 5 atom stereocenters. The summed E-state index contributed by atoms with van der Waals surface area (Å²) < 4.78 is 50.6. The molecule has 0 aromatic heterocycles. The third kappa shape index (κ3) is 90.0. The van der Waals surface area contributed by atoms with E-state index in [4.69, 9.17) is 57.6 Å². The Kier molecular flexibility index (Phi) is 95.2. The van der Waals surface area contributed by atoms with Crippen molar-refractivity contribution in [3.8, 4) is 0 Å². The second-order valence-electron chi connectivity index (χ2n) is 28.7. The largest absolute Gasteiger partial charge is 0.462 e. The van der Waals surface area contributed by atoms with E-state index in [0.717, 1.165) is 154 Å². The zero-order valence-electron chi connectivity index (χ0n) is 72.1. The van der Waals surface area contributed by atoms with Crippen LogP contribution in [0.4, 0.5) is 0 Å². The molecular weight excluding hydrogens is 1440 g/mol. The van der Waals surface area contributed by atoms with Crippen molar-refractivity contribution in [2.24, 2.45) is 0 Å². The Morgan fingerprint density at radius 3 is 0.464 bits per heavy atom. The van der Waals surface area contributed by atoms with Crippen molar-refractivity contribution in [1.82, 2.24) is 0 Å². The van der Waals surface area contributed by atoms with Gasteiger partial charge in [-0.2, -0.15) is 0 Å². The predicted octanol–water partition coefficient (Wildman–Crippen LogP) is 17.7. The average molecular weight is 1610 g/mol. The fraction of sp³-hybridized carbons (Fsp3) is 0.885. The fourth-order valence-electron chi connectivity index (χ4n) is 10.5. The smallest absolute Gasteiger partial charge is 0.306 e. The van der Waals surface area contributed by atoms with E-state index in [2.05, 4.69) is 55.4 Å². The zero-order valence-corrected chi connectivity index (χ0v) is 72.1. The van der Waals surface area contributed by atoms with Crippen molar-refractivity contribution < 1.29 is 121 Å². The second-order valence-corrected chi connectivity index (χ2v) is 28.7. The molecule has 0 radical (unpaired) electrons. The van der Waals surface area contributed by atoms with Crippen LogP contribution in [0.2, 0.25) is 0 Å². The topological polar surface area (TPSA) is 364 Å². The maximum atomic E-state index is 11.8. The lowest BCUT2D eigenvalue weighted by molar-refractivity contribution is -0.161. The molecule has 0 bridgehead atoms. The minimum absolute atomic E-state index is 0.0609. The number of ether oxygens (including phenoxy) is 10. The Balaban J connectivity index is -0.000000430. The Morgan fingerprint density at radius 2 is 0.295 bits per heavy atom. The quantitative estimate of drug-likeness (QED) is 0.0214. The summed E-state index contributed by atoms with van der Waals surface area (Å²) in [4.78, 5) is 115. The number of carbonyl (C=O) groups is 10. The van der Waals surface area contributed by atoms with Gasteiger partial charge in [0.2, 0.25) is 0 Å². The van der Waals surface area contributed by atoms with Gasteiger partial charge in [-0.05, 0) is 64.2 Å². The maximum absolute atomic E-state index is 11.8. The molecule has 25 heteroatoms. The second kappa shape index (κ2) is 92.7. The zero-order chi connectivity index (χ0) is 84.6. The number of hydrogen-bond acceptors (Lipinski definition) is 25. The van der Waals surface area contributed by atoms with Crippen molar-refractivity contribution in [1.29, 1.82) is 0 Å². The van der Waals surface area contributed by atoms with Crippen LogP contribution < -0.4 is 0 Å². The van der Waals surface area contributed by atoms with E-state index in [9.17, 15) is 63.3 Å². The van der Waals surface area contributed by atoms with Crippen LogP contribution in [0.5, 0.6) is 0 Å². The van der Waals surface area contributed by atoms with Gasteiger partial charge in [0.25, 0.3) is 0 Å². The number of aliphatic hydroxyl groups is 5. The first kappa shape index (κ1) is 115. The first-order chi connectivity index (χ1) is 54.2. The molecule has 112 heavy (non-hydrogen) atoms. The van der Waals surface area contributed by atoms with Crippen LogP contribution in [0.1, 0.15) is 403 Å². The molecule has 0 aromatic rings. The summed E-state index contributed by atoms with van der Waals surface area (Å²) in [5.74, 6) is -3.23. The number of rotatable bonds is 72. The average Bonchev–Trinajstić information content (AvgIpc) is 0.984. The van der Waals surface area contributed by atoms with E-state index < -0.39 is 30.5 Å². The molecule has 0 aliphatic carbocycles. The molecule has 0 saturated heterocycles. The molecule has 0 aliphatic heterocycles. The number of esters is 10. The normalized spacial score (nSPS) is 12.0. The van der Waals surface area contributed by atoms with Gasteiger partial charge in [-0.15, -0.1) is 0 Å². The van der Waals surface area contributed by atoms with E-state index >= 15 is 0 Å². The molecule has 5 N–H and O–H groups in total. The third-order valence-electron chi connectivity index (χ3n) is 17.4. The predicted molar refractivity (Wildman–Crippen MR) is 436 cm³/mol. The summed E-state index contributed by atoms with van der Waals surface area (Å²) in [5.41, 5.74) is 0. The Hall–Kier alpha value is -5.50. The number of unbranched alkanes of at least 4 members (excludes halogenated alkanes) is 32. The monoisotopic (exact) mass is 1610 g/mol. The number of hydrogen-bond donors (Lipinski definition) is 5. The van der Waals surface area contributed by atoms with Crippen molar-refractivity contribution in [3.05, 3.63) is 0 Å². The SMILES string of the molecule is CCCC(=O)OCC(CO)OC(=O)CCC.CCCCCC(=O)OC[C@H](CO)OC(=O)CCCCC.CCCCCCCC(=O)OCC(CO)OC(=O)CCCCCCC.CCCCCCCC(=O)OC[C@H](CO)OC(=O)CCCCCCC.CCCCCCCCCC(=O)OCC(CO)OC(=O)CCCCCCCCC. The van der Waals surface area contributed by atoms with Crippen molar-refractivity contribution in [3.63, 3.8) is 0 Å². The summed E-state index contributed by atoms with van der Waals surface area (Å²) in [5, 5.41) is 45.8. The molecule has 0 fully saturated rings. The van der Waals surface area contributed by atoms with Gasteiger partial charge >= 0.3 is 59.7 Å². The van der Waals surface area contributed by atoms with E-state index in [1.54, 1.807) is 0 Å². The van der Waals surface area contributed by atoms with E-state index in [0.29, 0.717) is 77.0 Å².